The zero-order chi connectivity index (χ0) is 19.4. The Balaban J connectivity index is 1.48. The molecule has 2 atom stereocenters. The minimum atomic E-state index is 0.327. The second kappa shape index (κ2) is 9.05. The number of carbonyl (C=O) groups excluding carboxylic acids is 1. The first-order chi connectivity index (χ1) is 12.9. The van der Waals surface area contributed by atoms with Gasteiger partial charge in [-0.1, -0.05) is 44.2 Å². The second-order valence-corrected chi connectivity index (χ2v) is 9.02. The van der Waals surface area contributed by atoms with Crippen molar-refractivity contribution in [2.45, 2.75) is 47.0 Å². The first-order valence-electron chi connectivity index (χ1n) is 10.7. The maximum Gasteiger partial charge on any atom is 0.236 e. The summed E-state index contributed by atoms with van der Waals surface area (Å²) in [5, 5.41) is 0. The number of aryl methyl sites for hydroxylation is 2. The standard InChI is InChI=1S/C24H36N2O/c1-18-14-19(2)16-25(15-18)17-24(27)26-12-10-22(11-13-26)8-9-23-20(3)6-5-7-21(23)4/h5-9,18-19,22H,10-17H2,1-4H3/b9-8+. The minimum absolute atomic E-state index is 0.327. The van der Waals surface area contributed by atoms with Crippen molar-refractivity contribution in [3.05, 3.63) is 41.0 Å². The van der Waals surface area contributed by atoms with E-state index in [1.165, 1.54) is 23.1 Å². The van der Waals surface area contributed by atoms with Crippen LogP contribution in [0, 0.1) is 31.6 Å². The molecule has 1 amide bonds. The lowest BCUT2D eigenvalue weighted by molar-refractivity contribution is -0.134. The van der Waals surface area contributed by atoms with Crippen molar-refractivity contribution in [2.75, 3.05) is 32.7 Å². The number of likely N-dealkylation sites (tertiary alicyclic amines) is 2. The lowest BCUT2D eigenvalue weighted by Crippen LogP contribution is -2.47. The van der Waals surface area contributed by atoms with Gasteiger partial charge in [-0.2, -0.15) is 0 Å². The molecule has 3 nitrogen and oxygen atoms in total. The summed E-state index contributed by atoms with van der Waals surface area (Å²) in [7, 11) is 0. The van der Waals surface area contributed by atoms with Crippen LogP contribution in [0.1, 0.15) is 49.8 Å². The molecule has 3 rings (SSSR count). The van der Waals surface area contributed by atoms with Crippen LogP contribution in [0.4, 0.5) is 0 Å². The van der Waals surface area contributed by atoms with Crippen molar-refractivity contribution < 1.29 is 4.79 Å². The molecule has 2 heterocycles. The van der Waals surface area contributed by atoms with Crippen LogP contribution in [-0.2, 0) is 4.79 Å². The molecule has 2 unspecified atom stereocenters. The van der Waals surface area contributed by atoms with E-state index in [1.54, 1.807) is 0 Å². The molecule has 0 saturated carbocycles. The monoisotopic (exact) mass is 368 g/mol. The molecule has 0 bridgehead atoms. The highest BCUT2D eigenvalue weighted by atomic mass is 16.2. The molecule has 1 aromatic rings. The number of hydrogen-bond acceptors (Lipinski definition) is 2. The zero-order valence-electron chi connectivity index (χ0n) is 17.6. The van der Waals surface area contributed by atoms with Gasteiger partial charge in [0.25, 0.3) is 0 Å². The van der Waals surface area contributed by atoms with Gasteiger partial charge in [-0.15, -0.1) is 0 Å². The zero-order valence-corrected chi connectivity index (χ0v) is 17.6. The number of amides is 1. The number of nitrogens with zero attached hydrogens (tertiary/aromatic N) is 2. The van der Waals surface area contributed by atoms with Gasteiger partial charge in [-0.3, -0.25) is 9.69 Å². The Morgan fingerprint density at radius 3 is 2.26 bits per heavy atom. The fraction of sp³-hybridized carbons (Fsp3) is 0.625. The fourth-order valence-corrected chi connectivity index (χ4v) is 4.88. The van der Waals surface area contributed by atoms with Crippen molar-refractivity contribution >= 4 is 12.0 Å². The Morgan fingerprint density at radius 1 is 1.07 bits per heavy atom. The van der Waals surface area contributed by atoms with Gasteiger partial charge in [-0.25, -0.2) is 0 Å². The maximum atomic E-state index is 12.7. The van der Waals surface area contributed by atoms with E-state index in [0.29, 0.717) is 30.2 Å². The fourth-order valence-electron chi connectivity index (χ4n) is 4.88. The average Bonchev–Trinajstić information content (AvgIpc) is 2.61. The molecule has 27 heavy (non-hydrogen) atoms. The molecule has 2 saturated heterocycles. The van der Waals surface area contributed by atoms with Crippen LogP contribution < -0.4 is 0 Å². The highest BCUT2D eigenvalue weighted by molar-refractivity contribution is 5.78. The smallest absolute Gasteiger partial charge is 0.236 e. The topological polar surface area (TPSA) is 23.6 Å². The van der Waals surface area contributed by atoms with Gasteiger partial charge >= 0.3 is 0 Å². The van der Waals surface area contributed by atoms with Gasteiger partial charge < -0.3 is 4.90 Å². The van der Waals surface area contributed by atoms with Gasteiger partial charge in [0, 0.05) is 26.2 Å². The van der Waals surface area contributed by atoms with Crippen LogP contribution in [0.3, 0.4) is 0 Å². The highest BCUT2D eigenvalue weighted by Gasteiger charge is 2.27. The van der Waals surface area contributed by atoms with E-state index in [0.717, 1.165) is 39.0 Å². The summed E-state index contributed by atoms with van der Waals surface area (Å²) in [6.07, 6.45) is 8.12. The van der Waals surface area contributed by atoms with E-state index in [4.69, 9.17) is 0 Å². The number of allylic oxidation sites excluding steroid dienone is 1. The molecule has 2 aliphatic heterocycles. The summed E-state index contributed by atoms with van der Waals surface area (Å²) < 4.78 is 0. The molecule has 148 valence electrons. The Labute approximate surface area is 165 Å². The van der Waals surface area contributed by atoms with Gasteiger partial charge in [0.05, 0.1) is 6.54 Å². The number of piperidine rings is 2. The summed E-state index contributed by atoms with van der Waals surface area (Å²) in [6.45, 7) is 13.5. The quantitative estimate of drug-likeness (QED) is 0.779. The maximum absolute atomic E-state index is 12.7. The van der Waals surface area contributed by atoms with Crippen LogP contribution in [0.25, 0.3) is 6.08 Å². The van der Waals surface area contributed by atoms with Gasteiger partial charge in [0.1, 0.15) is 0 Å². The number of hydrogen-bond donors (Lipinski definition) is 0. The molecule has 0 N–H and O–H groups in total. The number of carbonyl (C=O) groups is 1. The SMILES string of the molecule is Cc1cccc(C)c1/C=C/C1CCN(C(=O)CN2CC(C)CC(C)C2)CC1. The third-order valence-electron chi connectivity index (χ3n) is 6.27. The molecule has 2 fully saturated rings. The van der Waals surface area contributed by atoms with E-state index in [9.17, 15) is 4.79 Å². The van der Waals surface area contributed by atoms with Crippen LogP contribution in [-0.4, -0.2) is 48.4 Å². The summed E-state index contributed by atoms with van der Waals surface area (Å²) >= 11 is 0. The van der Waals surface area contributed by atoms with E-state index in [2.05, 4.69) is 67.8 Å². The van der Waals surface area contributed by atoms with E-state index in [1.807, 2.05) is 0 Å². The summed E-state index contributed by atoms with van der Waals surface area (Å²) in [5.41, 5.74) is 4.03. The first-order valence-corrected chi connectivity index (χ1v) is 10.7. The van der Waals surface area contributed by atoms with Crippen LogP contribution in [0.5, 0.6) is 0 Å². The van der Waals surface area contributed by atoms with Crippen molar-refractivity contribution in [1.29, 1.82) is 0 Å². The van der Waals surface area contributed by atoms with Crippen LogP contribution in [0.15, 0.2) is 24.3 Å². The first kappa shape index (κ1) is 20.1. The molecule has 1 aromatic carbocycles. The van der Waals surface area contributed by atoms with Gasteiger partial charge in [-0.05, 0) is 67.6 Å². The predicted molar refractivity (Wildman–Crippen MR) is 114 cm³/mol. The molecule has 3 heteroatoms. The lowest BCUT2D eigenvalue weighted by atomic mass is 9.92. The predicted octanol–water partition coefficient (Wildman–Crippen LogP) is 4.53. The van der Waals surface area contributed by atoms with Crippen LogP contribution in [0.2, 0.25) is 0 Å². The Bertz CT molecular complexity index is 643. The Hall–Kier alpha value is -1.61. The molecule has 0 radical (unpaired) electrons. The van der Waals surface area contributed by atoms with Crippen molar-refractivity contribution in [2.24, 2.45) is 17.8 Å². The average molecular weight is 369 g/mol. The molecular formula is C24H36N2O. The molecule has 0 aliphatic carbocycles. The highest BCUT2D eigenvalue weighted by Crippen LogP contribution is 2.24. The van der Waals surface area contributed by atoms with Crippen molar-refractivity contribution in [3.8, 4) is 0 Å². The molecule has 0 spiro atoms. The lowest BCUT2D eigenvalue weighted by Gasteiger charge is -2.37. The largest absolute Gasteiger partial charge is 0.342 e. The normalized spacial score (nSPS) is 25.3. The van der Waals surface area contributed by atoms with Crippen molar-refractivity contribution in [1.82, 2.24) is 9.80 Å². The van der Waals surface area contributed by atoms with Crippen molar-refractivity contribution in [3.63, 3.8) is 0 Å². The molecular weight excluding hydrogens is 332 g/mol. The number of benzene rings is 1. The van der Waals surface area contributed by atoms with E-state index >= 15 is 0 Å². The van der Waals surface area contributed by atoms with E-state index in [-0.39, 0.29) is 0 Å². The van der Waals surface area contributed by atoms with Crippen LogP contribution >= 0.6 is 0 Å². The van der Waals surface area contributed by atoms with Gasteiger partial charge in [0.15, 0.2) is 0 Å². The summed E-state index contributed by atoms with van der Waals surface area (Å²) in [5.74, 6) is 2.33. The molecule has 0 aromatic heterocycles. The summed E-state index contributed by atoms with van der Waals surface area (Å²) in [4.78, 5) is 17.2. The number of rotatable bonds is 4. The molecule has 2 aliphatic rings. The van der Waals surface area contributed by atoms with E-state index < -0.39 is 0 Å². The van der Waals surface area contributed by atoms with Gasteiger partial charge in [0.2, 0.25) is 5.91 Å². The second-order valence-electron chi connectivity index (χ2n) is 9.02. The summed E-state index contributed by atoms with van der Waals surface area (Å²) in [6, 6.07) is 6.47. The third kappa shape index (κ3) is 5.44. The third-order valence-corrected chi connectivity index (χ3v) is 6.27. The Morgan fingerprint density at radius 2 is 1.67 bits per heavy atom. The minimum Gasteiger partial charge on any atom is -0.342 e. The Kier molecular flexibility index (Phi) is 6.75.